The maximum atomic E-state index is 12.1. The van der Waals surface area contributed by atoms with Gasteiger partial charge >= 0.3 is 5.97 Å². The first-order valence-electron chi connectivity index (χ1n) is 15.4. The Bertz CT molecular complexity index is 997. The molecular weight excluding hydrogens is 512 g/mol. The Hall–Kier alpha value is -3.21. The number of ether oxygens (including phenoxy) is 3. The molecular formula is C36H54O5. The van der Waals surface area contributed by atoms with Crippen molar-refractivity contribution in [2.45, 2.75) is 110 Å². The van der Waals surface area contributed by atoms with Crippen LogP contribution >= 0.6 is 0 Å². The van der Waals surface area contributed by atoms with E-state index in [9.17, 15) is 9.90 Å². The number of phenols is 1. The molecule has 0 unspecified atom stereocenters. The van der Waals surface area contributed by atoms with E-state index in [1.807, 2.05) is 30.4 Å². The van der Waals surface area contributed by atoms with Gasteiger partial charge in [0.25, 0.3) is 0 Å². The summed E-state index contributed by atoms with van der Waals surface area (Å²) in [4.78, 5) is 12.1. The van der Waals surface area contributed by atoms with Gasteiger partial charge in [-0.15, -0.1) is 13.2 Å². The van der Waals surface area contributed by atoms with E-state index in [0.717, 1.165) is 36.8 Å². The summed E-state index contributed by atoms with van der Waals surface area (Å²) in [6.45, 7) is 9.64. The number of allylic oxidation sites excluding steroid dienone is 2. The summed E-state index contributed by atoms with van der Waals surface area (Å²) in [5, 5.41) is 9.25. The molecule has 0 atom stereocenters. The average molecular weight is 567 g/mol. The lowest BCUT2D eigenvalue weighted by atomic mass is 10.0. The zero-order chi connectivity index (χ0) is 30.1. The van der Waals surface area contributed by atoms with E-state index in [1.54, 1.807) is 25.3 Å². The first-order valence-corrected chi connectivity index (χ1v) is 15.4. The van der Waals surface area contributed by atoms with Gasteiger partial charge in [0, 0.05) is 6.42 Å². The lowest BCUT2D eigenvalue weighted by Gasteiger charge is -2.10. The van der Waals surface area contributed by atoms with Crippen LogP contribution in [0.15, 0.2) is 61.7 Å². The minimum atomic E-state index is -0.178. The smallest absolute Gasteiger partial charge is 0.311 e. The van der Waals surface area contributed by atoms with Crippen molar-refractivity contribution in [3.63, 3.8) is 0 Å². The van der Waals surface area contributed by atoms with Crippen molar-refractivity contribution in [3.8, 4) is 23.0 Å². The Kier molecular flexibility index (Phi) is 20.5. The largest absolute Gasteiger partial charge is 0.504 e. The monoisotopic (exact) mass is 566 g/mol. The van der Waals surface area contributed by atoms with E-state index < -0.39 is 0 Å². The van der Waals surface area contributed by atoms with Crippen LogP contribution < -0.4 is 14.2 Å². The van der Waals surface area contributed by atoms with Crippen LogP contribution in [0.5, 0.6) is 23.0 Å². The third-order valence-electron chi connectivity index (χ3n) is 6.94. The summed E-state index contributed by atoms with van der Waals surface area (Å²) in [6, 6.07) is 10.9. The van der Waals surface area contributed by atoms with E-state index in [1.165, 1.54) is 77.7 Å². The predicted molar refractivity (Wildman–Crippen MR) is 171 cm³/mol. The minimum absolute atomic E-state index is 0.172. The van der Waals surface area contributed by atoms with Crippen molar-refractivity contribution >= 4 is 5.97 Å². The van der Waals surface area contributed by atoms with E-state index in [-0.39, 0.29) is 11.7 Å². The van der Waals surface area contributed by atoms with Crippen molar-refractivity contribution in [1.29, 1.82) is 0 Å². The zero-order valence-corrected chi connectivity index (χ0v) is 25.9. The fourth-order valence-corrected chi connectivity index (χ4v) is 4.57. The number of hydrogen-bond acceptors (Lipinski definition) is 5. The fourth-order valence-electron chi connectivity index (χ4n) is 4.57. The van der Waals surface area contributed by atoms with Crippen molar-refractivity contribution < 1.29 is 24.1 Å². The van der Waals surface area contributed by atoms with Gasteiger partial charge in [-0.25, -0.2) is 0 Å². The van der Waals surface area contributed by atoms with Crippen LogP contribution in [0, 0.1) is 0 Å². The summed E-state index contributed by atoms with van der Waals surface area (Å²) in [7, 11) is 3.13. The highest BCUT2D eigenvalue weighted by atomic mass is 16.6. The van der Waals surface area contributed by atoms with Gasteiger partial charge in [0.15, 0.2) is 23.0 Å². The van der Waals surface area contributed by atoms with Crippen LogP contribution in [-0.2, 0) is 17.6 Å². The number of benzene rings is 2. The number of methoxy groups -OCH3 is 2. The Labute approximate surface area is 249 Å². The Morgan fingerprint density at radius 2 is 1.15 bits per heavy atom. The molecule has 1 N–H and O–H groups in total. The second-order valence-corrected chi connectivity index (χ2v) is 10.4. The fraction of sp³-hybridized carbons (Fsp3) is 0.528. The second-order valence-electron chi connectivity index (χ2n) is 10.4. The molecule has 2 aromatic carbocycles. The molecule has 0 aliphatic rings. The minimum Gasteiger partial charge on any atom is -0.504 e. The first kappa shape index (κ1) is 35.8. The number of hydrogen-bond donors (Lipinski definition) is 1. The number of carbonyl (C=O) groups excluding carboxylic acids is 1. The summed E-state index contributed by atoms with van der Waals surface area (Å²) < 4.78 is 15.8. The molecule has 0 aliphatic carbocycles. The van der Waals surface area contributed by atoms with Crippen molar-refractivity contribution in [1.82, 2.24) is 0 Å². The average Bonchev–Trinajstić information content (AvgIpc) is 2.98. The molecule has 0 bridgehead atoms. The van der Waals surface area contributed by atoms with Crippen LogP contribution in [0.3, 0.4) is 0 Å². The standard InChI is InChI=1S/C26H42O3.C10H12O2/c1-4-6-7-8-9-10-11-12-13-14-15-16-17-19-26(27)29-24-21-20-23(18-5-2)22-25(24)28-3;1-3-4-8-5-6-9(11)10(7-8)12-2/h5,20-22H,2,4,6-19H2,1,3H3;3,5-7,11H,1,4H2,2H3. The third kappa shape index (κ3) is 16.6. The van der Waals surface area contributed by atoms with Crippen LogP contribution in [0.2, 0.25) is 0 Å². The van der Waals surface area contributed by atoms with E-state index in [4.69, 9.17) is 14.2 Å². The molecule has 0 saturated heterocycles. The molecule has 0 fully saturated rings. The quantitative estimate of drug-likeness (QED) is 0.0705. The first-order chi connectivity index (χ1) is 20.0. The lowest BCUT2D eigenvalue weighted by molar-refractivity contribution is -0.134. The van der Waals surface area contributed by atoms with Crippen molar-refractivity contribution in [2.75, 3.05) is 14.2 Å². The van der Waals surface area contributed by atoms with E-state index in [2.05, 4.69) is 20.1 Å². The van der Waals surface area contributed by atoms with Gasteiger partial charge in [0.05, 0.1) is 14.2 Å². The summed E-state index contributed by atoms with van der Waals surface area (Å²) >= 11 is 0. The van der Waals surface area contributed by atoms with Gasteiger partial charge in [0.2, 0.25) is 0 Å². The lowest BCUT2D eigenvalue weighted by Crippen LogP contribution is -2.08. The number of esters is 1. The maximum absolute atomic E-state index is 12.1. The zero-order valence-electron chi connectivity index (χ0n) is 25.9. The van der Waals surface area contributed by atoms with Crippen LogP contribution in [0.25, 0.3) is 0 Å². The highest BCUT2D eigenvalue weighted by Gasteiger charge is 2.10. The van der Waals surface area contributed by atoms with E-state index >= 15 is 0 Å². The van der Waals surface area contributed by atoms with Gasteiger partial charge in [-0.2, -0.15) is 0 Å². The molecule has 5 heteroatoms. The molecule has 0 aromatic heterocycles. The SMILES string of the molecule is C=CCc1ccc(O)c(OC)c1.C=CCc1ccc(OC(=O)CCCCCCCCCCCCCCC)c(OC)c1. The molecule has 228 valence electrons. The third-order valence-corrected chi connectivity index (χ3v) is 6.94. The molecule has 2 aromatic rings. The molecule has 0 heterocycles. The van der Waals surface area contributed by atoms with Gasteiger partial charge in [-0.1, -0.05) is 108 Å². The molecule has 0 amide bonds. The molecule has 0 spiro atoms. The number of carbonyl (C=O) groups is 1. The summed E-state index contributed by atoms with van der Waals surface area (Å²) in [6.07, 6.45) is 22.6. The van der Waals surface area contributed by atoms with Gasteiger partial charge < -0.3 is 19.3 Å². The predicted octanol–water partition coefficient (Wildman–Crippen LogP) is 9.94. The second kappa shape index (κ2) is 23.5. The number of aromatic hydroxyl groups is 1. The van der Waals surface area contributed by atoms with Crippen LogP contribution in [0.4, 0.5) is 0 Å². The van der Waals surface area contributed by atoms with E-state index in [0.29, 0.717) is 23.7 Å². The molecule has 0 radical (unpaired) electrons. The van der Waals surface area contributed by atoms with Gasteiger partial charge in [0.1, 0.15) is 0 Å². The molecule has 41 heavy (non-hydrogen) atoms. The molecule has 2 rings (SSSR count). The topological polar surface area (TPSA) is 65.0 Å². The van der Waals surface area contributed by atoms with Gasteiger partial charge in [-0.3, -0.25) is 4.79 Å². The molecule has 0 saturated carbocycles. The summed E-state index contributed by atoms with van der Waals surface area (Å²) in [5.41, 5.74) is 2.17. The highest BCUT2D eigenvalue weighted by molar-refractivity contribution is 5.73. The van der Waals surface area contributed by atoms with Crippen molar-refractivity contribution in [2.24, 2.45) is 0 Å². The number of rotatable bonds is 21. The molecule has 5 nitrogen and oxygen atoms in total. The van der Waals surface area contributed by atoms with Crippen LogP contribution in [0.1, 0.15) is 108 Å². The number of unbranched alkanes of at least 4 members (excludes halogenated alkanes) is 12. The summed E-state index contributed by atoms with van der Waals surface area (Å²) in [5.74, 6) is 1.60. The van der Waals surface area contributed by atoms with Crippen molar-refractivity contribution in [3.05, 3.63) is 72.8 Å². The van der Waals surface area contributed by atoms with Gasteiger partial charge in [-0.05, 0) is 54.7 Å². The maximum Gasteiger partial charge on any atom is 0.311 e. The normalized spacial score (nSPS) is 10.3. The van der Waals surface area contributed by atoms with Crippen LogP contribution in [-0.4, -0.2) is 25.3 Å². The highest BCUT2D eigenvalue weighted by Crippen LogP contribution is 2.29. The Balaban J connectivity index is 0.000000580. The Morgan fingerprint density at radius 3 is 1.63 bits per heavy atom. The number of phenolic OH excluding ortho intramolecular Hbond substituents is 1. The molecule has 0 aliphatic heterocycles. The Morgan fingerprint density at radius 1 is 0.683 bits per heavy atom.